The van der Waals surface area contributed by atoms with E-state index in [1.54, 1.807) is 11.1 Å². The van der Waals surface area contributed by atoms with Crippen LogP contribution in [0.4, 0.5) is 18.9 Å². The third-order valence-electron chi connectivity index (χ3n) is 2.83. The fourth-order valence-corrected chi connectivity index (χ4v) is 3.52. The fourth-order valence-electron chi connectivity index (χ4n) is 1.92. The van der Waals surface area contributed by atoms with Crippen LogP contribution in [0.3, 0.4) is 0 Å². The van der Waals surface area contributed by atoms with Crippen molar-refractivity contribution in [2.45, 2.75) is 11.9 Å². The number of halogens is 5. The smallest absolute Gasteiger partial charge is 0.406 e. The number of nitrogens with zero attached hydrogens (tertiary/aromatic N) is 3. The van der Waals surface area contributed by atoms with Gasteiger partial charge in [-0.05, 0) is 40.2 Å². The van der Waals surface area contributed by atoms with Gasteiger partial charge in [0.05, 0.1) is 16.2 Å². The molecule has 10 heteroatoms. The van der Waals surface area contributed by atoms with Crippen molar-refractivity contribution in [1.29, 1.82) is 0 Å². The summed E-state index contributed by atoms with van der Waals surface area (Å²) in [6.45, 7) is 0. The lowest BCUT2D eigenvalue weighted by molar-refractivity contribution is -0.274. The number of benzene rings is 1. The van der Waals surface area contributed by atoms with Crippen LogP contribution in [0.25, 0.3) is 4.48 Å². The Labute approximate surface area is 140 Å². The maximum atomic E-state index is 12.2. The zero-order valence-corrected chi connectivity index (χ0v) is 13.7. The molecule has 0 radical (unpaired) electrons. The number of aromatic nitrogens is 2. The molecule has 0 amide bonds. The lowest BCUT2D eigenvalue weighted by Gasteiger charge is -2.29. The molecule has 116 valence electrons. The summed E-state index contributed by atoms with van der Waals surface area (Å²) in [4.78, 5) is 1.67. The van der Waals surface area contributed by atoms with E-state index in [0.717, 1.165) is 11.7 Å². The van der Waals surface area contributed by atoms with Gasteiger partial charge in [-0.15, -0.1) is 13.2 Å². The van der Waals surface area contributed by atoms with Gasteiger partial charge in [0.15, 0.2) is 5.50 Å². The van der Waals surface area contributed by atoms with Gasteiger partial charge in [0, 0.05) is 11.9 Å². The summed E-state index contributed by atoms with van der Waals surface area (Å²) in [7, 11) is 0. The summed E-state index contributed by atoms with van der Waals surface area (Å²) < 4.78 is 49.3. The normalized spacial score (nSPS) is 18.0. The van der Waals surface area contributed by atoms with Gasteiger partial charge < -0.3 is 9.64 Å². The van der Waals surface area contributed by atoms with E-state index in [4.69, 9.17) is 11.6 Å². The van der Waals surface area contributed by atoms with Crippen molar-refractivity contribution in [2.75, 3.05) is 4.90 Å². The molecular formula is C12H6BrClF3N3OS. The molecule has 0 fully saturated rings. The number of hydrogen-bond acceptors (Lipinski definition) is 5. The number of fused-ring (bicyclic) bond motifs is 1. The van der Waals surface area contributed by atoms with Gasteiger partial charge in [-0.25, -0.2) is 0 Å². The third-order valence-corrected chi connectivity index (χ3v) is 4.37. The van der Waals surface area contributed by atoms with Crippen molar-refractivity contribution in [3.63, 3.8) is 0 Å². The zero-order valence-electron chi connectivity index (χ0n) is 10.5. The summed E-state index contributed by atoms with van der Waals surface area (Å²) in [6, 6.07) is 5.42. The molecule has 0 N–H and O–H groups in total. The first-order valence-corrected chi connectivity index (χ1v) is 7.79. The van der Waals surface area contributed by atoms with Gasteiger partial charge in [0.2, 0.25) is 0 Å². The number of ether oxygens (including phenoxy) is 1. The second-order valence-electron chi connectivity index (χ2n) is 4.26. The highest BCUT2D eigenvalue weighted by Gasteiger charge is 2.32. The highest BCUT2D eigenvalue weighted by Crippen LogP contribution is 2.41. The van der Waals surface area contributed by atoms with Crippen molar-refractivity contribution in [3.05, 3.63) is 41.9 Å². The molecule has 1 atom stereocenters. The lowest BCUT2D eigenvalue weighted by atomic mass is 10.2. The van der Waals surface area contributed by atoms with Crippen LogP contribution in [-0.2, 0) is 0 Å². The summed E-state index contributed by atoms with van der Waals surface area (Å²) in [5.74, 6) is -0.293. The Kier molecular flexibility index (Phi) is 4.04. The average Bonchev–Trinajstić information content (AvgIpc) is 2.92. The van der Waals surface area contributed by atoms with E-state index >= 15 is 0 Å². The predicted octanol–water partition coefficient (Wildman–Crippen LogP) is 4.89. The van der Waals surface area contributed by atoms with E-state index in [9.17, 15) is 13.2 Å². The molecule has 0 aliphatic carbocycles. The monoisotopic (exact) mass is 411 g/mol. The number of hydrogen-bond donors (Lipinski definition) is 0. The Morgan fingerprint density at radius 3 is 2.55 bits per heavy atom. The molecule has 3 rings (SSSR count). The van der Waals surface area contributed by atoms with Crippen LogP contribution in [0.5, 0.6) is 5.75 Å². The molecule has 1 aliphatic heterocycles. The van der Waals surface area contributed by atoms with Crippen LogP contribution < -0.4 is 9.64 Å². The third kappa shape index (κ3) is 3.06. The molecule has 1 aromatic heterocycles. The minimum absolute atomic E-state index is 0.293. The standard InChI is InChI=1S/C12H6BrClF3N3OS/c13-8-5-20(11(14)10-9(8)18-22-19-10)6-1-3-7(4-2-6)21-12(15,16)17/h1-5,11H. The van der Waals surface area contributed by atoms with E-state index in [0.29, 0.717) is 21.6 Å². The summed E-state index contributed by atoms with van der Waals surface area (Å²) in [5, 5.41) is 0. The molecule has 0 saturated heterocycles. The highest BCUT2D eigenvalue weighted by molar-refractivity contribution is 9.15. The molecule has 0 saturated carbocycles. The van der Waals surface area contributed by atoms with Crippen LogP contribution in [0.15, 0.2) is 30.5 Å². The SMILES string of the molecule is FC(F)(F)Oc1ccc(N2C=C(Br)c3nsnc3C2Cl)cc1. The Morgan fingerprint density at radius 1 is 1.23 bits per heavy atom. The number of anilines is 1. The first kappa shape index (κ1) is 15.6. The second-order valence-corrected chi connectivity index (χ2v) is 6.06. The van der Waals surface area contributed by atoms with Crippen molar-refractivity contribution in [1.82, 2.24) is 8.75 Å². The molecule has 4 nitrogen and oxygen atoms in total. The molecule has 22 heavy (non-hydrogen) atoms. The molecule has 1 aliphatic rings. The van der Waals surface area contributed by atoms with Crippen LogP contribution in [0.2, 0.25) is 0 Å². The van der Waals surface area contributed by atoms with E-state index < -0.39 is 11.9 Å². The quantitative estimate of drug-likeness (QED) is 0.520. The lowest BCUT2D eigenvalue weighted by Crippen LogP contribution is -2.23. The zero-order chi connectivity index (χ0) is 15.9. The van der Waals surface area contributed by atoms with Crippen LogP contribution in [-0.4, -0.2) is 15.1 Å². The molecule has 2 heterocycles. The summed E-state index contributed by atoms with van der Waals surface area (Å²) in [5.41, 5.74) is 1.27. The maximum absolute atomic E-state index is 12.2. The highest BCUT2D eigenvalue weighted by atomic mass is 79.9. The predicted molar refractivity (Wildman–Crippen MR) is 81.0 cm³/mol. The minimum Gasteiger partial charge on any atom is -0.406 e. The van der Waals surface area contributed by atoms with Crippen molar-refractivity contribution in [3.8, 4) is 5.75 Å². The Bertz CT molecular complexity index is 719. The summed E-state index contributed by atoms with van der Waals surface area (Å²) in [6.07, 6.45) is -3.01. The van der Waals surface area contributed by atoms with Gasteiger partial charge in [0.25, 0.3) is 0 Å². The van der Waals surface area contributed by atoms with Crippen LogP contribution >= 0.6 is 39.3 Å². The van der Waals surface area contributed by atoms with E-state index in [2.05, 4.69) is 29.4 Å². The van der Waals surface area contributed by atoms with Crippen molar-refractivity contribution >= 4 is 49.4 Å². The molecule has 0 bridgehead atoms. The Hall–Kier alpha value is -1.32. The van der Waals surface area contributed by atoms with Gasteiger partial charge in [0.1, 0.15) is 17.1 Å². The van der Waals surface area contributed by atoms with E-state index in [-0.39, 0.29) is 5.75 Å². The Morgan fingerprint density at radius 2 is 1.91 bits per heavy atom. The Balaban J connectivity index is 1.87. The first-order valence-electron chi connectivity index (χ1n) is 5.83. The van der Waals surface area contributed by atoms with Gasteiger partial charge in [-0.2, -0.15) is 8.75 Å². The van der Waals surface area contributed by atoms with Crippen molar-refractivity contribution < 1.29 is 17.9 Å². The van der Waals surface area contributed by atoms with Gasteiger partial charge >= 0.3 is 6.36 Å². The van der Waals surface area contributed by atoms with Crippen LogP contribution in [0.1, 0.15) is 16.9 Å². The topological polar surface area (TPSA) is 38.2 Å². The molecule has 1 unspecified atom stereocenters. The van der Waals surface area contributed by atoms with Crippen LogP contribution in [0, 0.1) is 0 Å². The molecule has 0 spiro atoms. The maximum Gasteiger partial charge on any atom is 0.573 e. The van der Waals surface area contributed by atoms with Crippen molar-refractivity contribution in [2.24, 2.45) is 0 Å². The summed E-state index contributed by atoms with van der Waals surface area (Å²) >= 11 is 10.8. The second kappa shape index (κ2) is 5.71. The number of alkyl halides is 4. The van der Waals surface area contributed by atoms with Gasteiger partial charge in [-0.1, -0.05) is 11.6 Å². The van der Waals surface area contributed by atoms with E-state index in [1.807, 2.05) is 0 Å². The number of rotatable bonds is 2. The molecule has 1 aromatic carbocycles. The fraction of sp³-hybridized carbons (Fsp3) is 0.167. The van der Waals surface area contributed by atoms with Gasteiger partial charge in [-0.3, -0.25) is 0 Å². The largest absolute Gasteiger partial charge is 0.573 e. The first-order chi connectivity index (χ1) is 10.3. The average molecular weight is 413 g/mol. The minimum atomic E-state index is -4.72. The molecular weight excluding hydrogens is 407 g/mol. The van der Waals surface area contributed by atoms with E-state index in [1.165, 1.54) is 24.3 Å². The molecule has 2 aromatic rings.